The van der Waals surface area contributed by atoms with Gasteiger partial charge in [-0.2, -0.15) is 11.3 Å². The molecule has 0 saturated carbocycles. The molecule has 2 N–H and O–H groups in total. The summed E-state index contributed by atoms with van der Waals surface area (Å²) >= 11 is 5.23. The average molecular weight is 282 g/mol. The minimum atomic E-state index is -0.0359. The van der Waals surface area contributed by atoms with Crippen LogP contribution in [0.1, 0.15) is 22.7 Å². The number of rotatable bonds is 2. The highest BCUT2D eigenvalue weighted by molar-refractivity contribution is 9.10. The van der Waals surface area contributed by atoms with Gasteiger partial charge < -0.3 is 5.73 Å². The van der Waals surface area contributed by atoms with Crippen molar-refractivity contribution in [1.29, 1.82) is 0 Å². The van der Waals surface area contributed by atoms with E-state index in [2.05, 4.69) is 57.9 Å². The zero-order chi connectivity index (χ0) is 10.8. The van der Waals surface area contributed by atoms with Crippen molar-refractivity contribution in [2.75, 3.05) is 0 Å². The first kappa shape index (κ1) is 10.9. The van der Waals surface area contributed by atoms with Crippen molar-refractivity contribution in [3.05, 3.63) is 56.2 Å². The molecule has 1 atom stereocenters. The van der Waals surface area contributed by atoms with Crippen molar-refractivity contribution < 1.29 is 0 Å². The quantitative estimate of drug-likeness (QED) is 0.889. The van der Waals surface area contributed by atoms with Gasteiger partial charge in [0, 0.05) is 4.47 Å². The van der Waals surface area contributed by atoms with Crippen molar-refractivity contribution in [2.24, 2.45) is 5.73 Å². The Balaban J connectivity index is 2.38. The van der Waals surface area contributed by atoms with Gasteiger partial charge in [-0.1, -0.05) is 28.1 Å². The van der Waals surface area contributed by atoms with Gasteiger partial charge >= 0.3 is 0 Å². The molecule has 1 unspecified atom stereocenters. The van der Waals surface area contributed by atoms with Gasteiger partial charge in [0.05, 0.1) is 6.04 Å². The van der Waals surface area contributed by atoms with E-state index in [1.165, 1.54) is 11.1 Å². The smallest absolute Gasteiger partial charge is 0.0571 e. The summed E-state index contributed by atoms with van der Waals surface area (Å²) in [7, 11) is 0. The highest BCUT2D eigenvalue weighted by atomic mass is 79.9. The monoisotopic (exact) mass is 281 g/mol. The van der Waals surface area contributed by atoms with Crippen molar-refractivity contribution in [1.82, 2.24) is 0 Å². The largest absolute Gasteiger partial charge is 0.320 e. The second-order valence-corrected chi connectivity index (χ2v) is 5.19. The Hall–Kier alpha value is -0.640. The van der Waals surface area contributed by atoms with Gasteiger partial charge in [-0.25, -0.2) is 0 Å². The van der Waals surface area contributed by atoms with E-state index in [9.17, 15) is 0 Å². The highest BCUT2D eigenvalue weighted by Gasteiger charge is 2.12. The zero-order valence-electron chi connectivity index (χ0n) is 8.41. The SMILES string of the molecule is Cc1ccc(C(N)c2ccsc2)c(Br)c1. The molecule has 0 spiro atoms. The van der Waals surface area contributed by atoms with Crippen LogP contribution < -0.4 is 5.73 Å². The maximum Gasteiger partial charge on any atom is 0.0571 e. The fraction of sp³-hybridized carbons (Fsp3) is 0.167. The van der Waals surface area contributed by atoms with Gasteiger partial charge in [0.15, 0.2) is 0 Å². The Labute approximate surface area is 102 Å². The Morgan fingerprint density at radius 3 is 2.73 bits per heavy atom. The molecule has 0 fully saturated rings. The maximum atomic E-state index is 6.19. The lowest BCUT2D eigenvalue weighted by molar-refractivity contribution is 0.870. The molecule has 1 aromatic carbocycles. The summed E-state index contributed by atoms with van der Waals surface area (Å²) in [5.41, 5.74) is 9.74. The number of aryl methyl sites for hydroxylation is 1. The third-order valence-electron chi connectivity index (χ3n) is 2.39. The fourth-order valence-corrected chi connectivity index (χ4v) is 2.95. The average Bonchev–Trinajstić information content (AvgIpc) is 2.69. The van der Waals surface area contributed by atoms with E-state index in [1.807, 2.05) is 0 Å². The van der Waals surface area contributed by atoms with Crippen LogP contribution in [0.3, 0.4) is 0 Å². The molecule has 3 heteroatoms. The Morgan fingerprint density at radius 2 is 2.13 bits per heavy atom. The summed E-state index contributed by atoms with van der Waals surface area (Å²) in [6.07, 6.45) is 0. The lowest BCUT2D eigenvalue weighted by Crippen LogP contribution is -2.11. The molecule has 0 aliphatic heterocycles. The van der Waals surface area contributed by atoms with Gasteiger partial charge in [0.1, 0.15) is 0 Å². The Bertz CT molecular complexity index is 451. The number of halogens is 1. The van der Waals surface area contributed by atoms with E-state index in [1.54, 1.807) is 11.3 Å². The van der Waals surface area contributed by atoms with E-state index in [0.29, 0.717) is 0 Å². The first-order valence-corrected chi connectivity index (χ1v) is 6.46. The van der Waals surface area contributed by atoms with E-state index < -0.39 is 0 Å². The number of benzene rings is 1. The summed E-state index contributed by atoms with van der Waals surface area (Å²) in [4.78, 5) is 0. The second kappa shape index (κ2) is 4.47. The van der Waals surface area contributed by atoms with Crippen molar-refractivity contribution in [3.8, 4) is 0 Å². The van der Waals surface area contributed by atoms with Crippen LogP contribution in [0.5, 0.6) is 0 Å². The second-order valence-electron chi connectivity index (χ2n) is 3.56. The van der Waals surface area contributed by atoms with Crippen LogP contribution in [0.4, 0.5) is 0 Å². The number of thiophene rings is 1. The molecular formula is C12H12BrNS. The van der Waals surface area contributed by atoms with Crippen LogP contribution >= 0.6 is 27.3 Å². The first-order chi connectivity index (χ1) is 7.18. The molecule has 0 aliphatic rings. The number of hydrogen-bond acceptors (Lipinski definition) is 2. The van der Waals surface area contributed by atoms with Crippen molar-refractivity contribution in [2.45, 2.75) is 13.0 Å². The first-order valence-electron chi connectivity index (χ1n) is 4.72. The van der Waals surface area contributed by atoms with Crippen LogP contribution in [-0.4, -0.2) is 0 Å². The molecule has 78 valence electrons. The van der Waals surface area contributed by atoms with Crippen LogP contribution in [0.2, 0.25) is 0 Å². The molecule has 2 aromatic rings. The maximum absolute atomic E-state index is 6.19. The fourth-order valence-electron chi connectivity index (χ4n) is 1.52. The molecule has 15 heavy (non-hydrogen) atoms. The highest BCUT2D eigenvalue weighted by Crippen LogP contribution is 2.28. The molecule has 1 aromatic heterocycles. The summed E-state index contributed by atoms with van der Waals surface area (Å²) in [6.45, 7) is 2.07. The number of nitrogens with two attached hydrogens (primary N) is 1. The van der Waals surface area contributed by atoms with Gasteiger partial charge in [-0.15, -0.1) is 0 Å². The van der Waals surface area contributed by atoms with Crippen LogP contribution in [-0.2, 0) is 0 Å². The third-order valence-corrected chi connectivity index (χ3v) is 3.78. The summed E-state index contributed by atoms with van der Waals surface area (Å²) < 4.78 is 1.08. The normalized spacial score (nSPS) is 12.7. The summed E-state index contributed by atoms with van der Waals surface area (Å²) in [5, 5.41) is 4.15. The summed E-state index contributed by atoms with van der Waals surface area (Å²) in [5.74, 6) is 0. The zero-order valence-corrected chi connectivity index (χ0v) is 10.8. The molecule has 1 nitrogen and oxygen atoms in total. The molecule has 0 radical (unpaired) electrons. The number of hydrogen-bond donors (Lipinski definition) is 1. The van der Waals surface area contributed by atoms with Crippen LogP contribution in [0, 0.1) is 6.92 Å². The predicted octanol–water partition coefficient (Wildman–Crippen LogP) is 3.87. The molecule has 0 aliphatic carbocycles. The van der Waals surface area contributed by atoms with Gasteiger partial charge in [0.25, 0.3) is 0 Å². The molecule has 0 saturated heterocycles. The molecule has 1 heterocycles. The van der Waals surface area contributed by atoms with Gasteiger partial charge in [-0.05, 0) is 46.5 Å². The van der Waals surface area contributed by atoms with Gasteiger partial charge in [-0.3, -0.25) is 0 Å². The minimum absolute atomic E-state index is 0.0359. The Morgan fingerprint density at radius 1 is 1.33 bits per heavy atom. The standard InChI is InChI=1S/C12H12BrNS/c1-8-2-3-10(11(13)6-8)12(14)9-4-5-15-7-9/h2-7,12H,14H2,1H3. The van der Waals surface area contributed by atoms with Crippen LogP contribution in [0.25, 0.3) is 0 Å². The van der Waals surface area contributed by atoms with E-state index >= 15 is 0 Å². The van der Waals surface area contributed by atoms with Crippen molar-refractivity contribution in [3.63, 3.8) is 0 Å². The molecule has 0 bridgehead atoms. The lowest BCUT2D eigenvalue weighted by Gasteiger charge is -2.13. The Kier molecular flexibility index (Phi) is 3.24. The van der Waals surface area contributed by atoms with Crippen LogP contribution in [0.15, 0.2) is 39.5 Å². The third kappa shape index (κ3) is 2.30. The molecular weight excluding hydrogens is 270 g/mol. The molecule has 2 rings (SSSR count). The minimum Gasteiger partial charge on any atom is -0.320 e. The molecule has 0 amide bonds. The summed E-state index contributed by atoms with van der Waals surface area (Å²) in [6, 6.07) is 8.31. The van der Waals surface area contributed by atoms with E-state index in [-0.39, 0.29) is 6.04 Å². The lowest BCUT2D eigenvalue weighted by atomic mass is 10.0. The van der Waals surface area contributed by atoms with E-state index in [0.717, 1.165) is 10.0 Å². The predicted molar refractivity (Wildman–Crippen MR) is 69.2 cm³/mol. The van der Waals surface area contributed by atoms with E-state index in [4.69, 9.17) is 5.73 Å². The van der Waals surface area contributed by atoms with Gasteiger partial charge in [0.2, 0.25) is 0 Å². The van der Waals surface area contributed by atoms with Crippen molar-refractivity contribution >= 4 is 27.3 Å². The topological polar surface area (TPSA) is 26.0 Å².